The monoisotopic (exact) mass is 463 g/mol. The molecule has 0 atom stereocenters. The van der Waals surface area contributed by atoms with Gasteiger partial charge in [-0.2, -0.15) is 5.26 Å². The topological polar surface area (TPSA) is 53.1 Å². The van der Waals surface area contributed by atoms with E-state index in [-0.39, 0.29) is 0 Å². The summed E-state index contributed by atoms with van der Waals surface area (Å²) in [5, 5.41) is 14.5. The predicted molar refractivity (Wildman–Crippen MR) is 129 cm³/mol. The van der Waals surface area contributed by atoms with Crippen molar-refractivity contribution in [1.29, 1.82) is 5.26 Å². The van der Waals surface area contributed by atoms with Crippen LogP contribution in [0.4, 0.5) is 5.69 Å². The molecule has 2 aromatic carbocycles. The van der Waals surface area contributed by atoms with Crippen LogP contribution in [0, 0.1) is 17.2 Å². The second-order valence-electron chi connectivity index (χ2n) is 8.52. The zero-order valence-corrected chi connectivity index (χ0v) is 19.1. The minimum absolute atomic E-state index is 0.440. The van der Waals surface area contributed by atoms with Crippen LogP contribution in [0.1, 0.15) is 48.5 Å². The molecule has 1 aromatic heterocycles. The van der Waals surface area contributed by atoms with Crippen molar-refractivity contribution in [2.45, 2.75) is 31.6 Å². The quantitative estimate of drug-likeness (QED) is 0.397. The molecular weight excluding hydrogens is 441 g/mol. The number of allylic oxidation sites excluding steroid dienone is 1. The van der Waals surface area contributed by atoms with Gasteiger partial charge in [-0.05, 0) is 68.0 Å². The molecule has 32 heavy (non-hydrogen) atoms. The highest BCUT2D eigenvalue weighted by Gasteiger charge is 2.32. The van der Waals surface area contributed by atoms with Crippen molar-refractivity contribution in [2.24, 2.45) is 5.92 Å². The van der Waals surface area contributed by atoms with Crippen molar-refractivity contribution < 1.29 is 4.52 Å². The number of rotatable bonds is 5. The highest BCUT2D eigenvalue weighted by molar-refractivity contribution is 6.39. The minimum Gasteiger partial charge on any atom is -0.371 e. The van der Waals surface area contributed by atoms with Gasteiger partial charge in [0, 0.05) is 35.8 Å². The van der Waals surface area contributed by atoms with E-state index in [2.05, 4.69) is 28.3 Å². The molecule has 0 bridgehead atoms. The molecule has 1 aliphatic heterocycles. The van der Waals surface area contributed by atoms with Crippen molar-refractivity contribution in [3.05, 3.63) is 75.5 Å². The fourth-order valence-corrected chi connectivity index (χ4v) is 4.92. The number of nitrogens with zero attached hydrogens (tertiary/aromatic N) is 3. The molecule has 3 aromatic rings. The molecule has 2 heterocycles. The van der Waals surface area contributed by atoms with E-state index in [0.29, 0.717) is 27.4 Å². The number of hydrogen-bond donors (Lipinski definition) is 0. The molecule has 0 radical (unpaired) electrons. The maximum atomic E-state index is 8.99. The first kappa shape index (κ1) is 21.1. The third-order valence-electron chi connectivity index (χ3n) is 6.34. The van der Waals surface area contributed by atoms with E-state index >= 15 is 0 Å². The van der Waals surface area contributed by atoms with Crippen LogP contribution in [0.5, 0.6) is 0 Å². The number of halogens is 2. The summed E-state index contributed by atoms with van der Waals surface area (Å²) >= 11 is 12.9. The number of benzene rings is 2. The minimum atomic E-state index is 0.440. The summed E-state index contributed by atoms with van der Waals surface area (Å²) in [5.74, 6) is 1.87. The molecule has 2 aliphatic rings. The lowest BCUT2D eigenvalue weighted by molar-refractivity contribution is 0.386. The lowest BCUT2D eigenvalue weighted by atomic mass is 9.94. The molecule has 2 fully saturated rings. The van der Waals surface area contributed by atoms with E-state index in [4.69, 9.17) is 33.0 Å². The summed E-state index contributed by atoms with van der Waals surface area (Å²) in [6.07, 6.45) is 8.87. The fraction of sp³-hybridized carbons (Fsp3) is 0.308. The van der Waals surface area contributed by atoms with Crippen LogP contribution >= 0.6 is 23.2 Å². The Hall–Kier alpha value is -2.74. The van der Waals surface area contributed by atoms with Gasteiger partial charge >= 0.3 is 0 Å². The van der Waals surface area contributed by atoms with Gasteiger partial charge in [-0.1, -0.05) is 46.6 Å². The average molecular weight is 464 g/mol. The number of piperidine rings is 1. The van der Waals surface area contributed by atoms with Gasteiger partial charge in [-0.25, -0.2) is 0 Å². The maximum absolute atomic E-state index is 8.99. The lowest BCUT2D eigenvalue weighted by Gasteiger charge is -2.32. The molecular formula is C26H23Cl2N3O. The molecule has 5 rings (SSSR count). The van der Waals surface area contributed by atoms with E-state index < -0.39 is 0 Å². The number of hydrogen-bond acceptors (Lipinski definition) is 4. The molecule has 6 heteroatoms. The largest absolute Gasteiger partial charge is 0.371 e. The van der Waals surface area contributed by atoms with Gasteiger partial charge in [0.15, 0.2) is 0 Å². The SMILES string of the molecule is N#Cc1ccc(N2CCC(C=Cc3c(-c4c(Cl)cccc4Cl)noc3C3CC3)CC2)cc1. The normalized spacial score (nSPS) is 17.1. The van der Waals surface area contributed by atoms with Crippen LogP contribution in [-0.4, -0.2) is 18.2 Å². The Morgan fingerprint density at radius 2 is 1.69 bits per heavy atom. The van der Waals surface area contributed by atoms with E-state index in [1.165, 1.54) is 5.69 Å². The van der Waals surface area contributed by atoms with Gasteiger partial charge < -0.3 is 9.42 Å². The van der Waals surface area contributed by atoms with Crippen LogP contribution in [0.2, 0.25) is 10.0 Å². The van der Waals surface area contributed by atoms with Crippen molar-refractivity contribution in [2.75, 3.05) is 18.0 Å². The van der Waals surface area contributed by atoms with E-state index in [1.807, 2.05) is 42.5 Å². The number of anilines is 1. The first-order valence-corrected chi connectivity index (χ1v) is 11.8. The molecule has 162 valence electrons. The van der Waals surface area contributed by atoms with Crippen LogP contribution in [0.25, 0.3) is 17.3 Å². The Morgan fingerprint density at radius 1 is 1.00 bits per heavy atom. The highest BCUT2D eigenvalue weighted by atomic mass is 35.5. The van der Waals surface area contributed by atoms with Crippen molar-refractivity contribution in [3.8, 4) is 17.3 Å². The van der Waals surface area contributed by atoms with E-state index in [0.717, 1.165) is 61.4 Å². The zero-order chi connectivity index (χ0) is 22.1. The zero-order valence-electron chi connectivity index (χ0n) is 17.6. The summed E-state index contributed by atoms with van der Waals surface area (Å²) < 4.78 is 5.77. The average Bonchev–Trinajstić information content (AvgIpc) is 3.58. The Morgan fingerprint density at radius 3 is 2.31 bits per heavy atom. The van der Waals surface area contributed by atoms with Gasteiger partial charge in [0.1, 0.15) is 11.5 Å². The summed E-state index contributed by atoms with van der Waals surface area (Å²) in [6.45, 7) is 1.98. The Labute approximate surface area is 198 Å². The summed E-state index contributed by atoms with van der Waals surface area (Å²) in [4.78, 5) is 2.38. The van der Waals surface area contributed by atoms with Crippen molar-refractivity contribution in [3.63, 3.8) is 0 Å². The van der Waals surface area contributed by atoms with Gasteiger partial charge in [0.25, 0.3) is 0 Å². The van der Waals surface area contributed by atoms with Crippen LogP contribution in [0.15, 0.2) is 53.1 Å². The third kappa shape index (κ3) is 4.28. The van der Waals surface area contributed by atoms with Crippen molar-refractivity contribution >= 4 is 35.0 Å². The maximum Gasteiger partial charge on any atom is 0.147 e. The van der Waals surface area contributed by atoms with Crippen LogP contribution in [-0.2, 0) is 0 Å². The second kappa shape index (κ2) is 9.02. The smallest absolute Gasteiger partial charge is 0.147 e. The first-order valence-electron chi connectivity index (χ1n) is 11.0. The molecule has 0 unspecified atom stereocenters. The molecule has 1 aliphatic carbocycles. The lowest BCUT2D eigenvalue weighted by Crippen LogP contribution is -2.33. The Bertz CT molecular complexity index is 1160. The molecule has 1 saturated heterocycles. The molecule has 0 amide bonds. The van der Waals surface area contributed by atoms with E-state index in [9.17, 15) is 0 Å². The molecule has 0 N–H and O–H groups in total. The molecule has 1 saturated carbocycles. The highest BCUT2D eigenvalue weighted by Crippen LogP contribution is 2.46. The fourth-order valence-electron chi connectivity index (χ4n) is 4.34. The third-order valence-corrected chi connectivity index (χ3v) is 6.97. The summed E-state index contributed by atoms with van der Waals surface area (Å²) in [7, 11) is 0. The molecule has 0 spiro atoms. The van der Waals surface area contributed by atoms with E-state index in [1.54, 1.807) is 0 Å². The Kier molecular flexibility index (Phi) is 5.95. The van der Waals surface area contributed by atoms with Gasteiger partial charge in [-0.3, -0.25) is 0 Å². The number of nitriles is 1. The summed E-state index contributed by atoms with van der Waals surface area (Å²) in [6, 6.07) is 15.5. The van der Waals surface area contributed by atoms with Gasteiger partial charge in [0.2, 0.25) is 0 Å². The van der Waals surface area contributed by atoms with Crippen molar-refractivity contribution in [1.82, 2.24) is 5.16 Å². The number of aromatic nitrogens is 1. The van der Waals surface area contributed by atoms with Gasteiger partial charge in [-0.15, -0.1) is 0 Å². The molecule has 4 nitrogen and oxygen atoms in total. The second-order valence-corrected chi connectivity index (χ2v) is 9.34. The van der Waals surface area contributed by atoms with Gasteiger partial charge in [0.05, 0.1) is 21.7 Å². The standard InChI is InChI=1S/C26H23Cl2N3O/c27-22-2-1-3-23(28)24(22)25-21(26(32-30-25)19-7-8-19)11-6-17-12-14-31(15-13-17)20-9-4-18(16-29)5-10-20/h1-6,9-11,17,19H,7-8,12-15H2. The Balaban J connectivity index is 1.34. The van der Waals surface area contributed by atoms with Crippen LogP contribution in [0.3, 0.4) is 0 Å². The summed E-state index contributed by atoms with van der Waals surface area (Å²) in [5.41, 5.74) is 4.35. The first-order chi connectivity index (χ1) is 15.6. The van der Waals surface area contributed by atoms with Crippen LogP contribution < -0.4 is 4.90 Å². The predicted octanol–water partition coefficient (Wildman–Crippen LogP) is 7.33.